The molecule has 1 aliphatic rings. The van der Waals surface area contributed by atoms with Crippen molar-refractivity contribution in [3.8, 4) is 5.75 Å². The van der Waals surface area contributed by atoms with Crippen LogP contribution < -0.4 is 10.5 Å². The van der Waals surface area contributed by atoms with Gasteiger partial charge in [0.05, 0.1) is 12.0 Å². The minimum Gasteiger partial charge on any atom is -0.493 e. The van der Waals surface area contributed by atoms with E-state index in [-0.39, 0.29) is 17.7 Å². The quantitative estimate of drug-likeness (QED) is 0.825. The Labute approximate surface area is 150 Å². The van der Waals surface area contributed by atoms with Gasteiger partial charge in [-0.2, -0.15) is 0 Å². The summed E-state index contributed by atoms with van der Waals surface area (Å²) in [6, 6.07) is 7.77. The van der Waals surface area contributed by atoms with Gasteiger partial charge in [0, 0.05) is 19.5 Å². The van der Waals surface area contributed by atoms with Crippen molar-refractivity contribution >= 4 is 11.8 Å². The van der Waals surface area contributed by atoms with Gasteiger partial charge < -0.3 is 15.4 Å². The lowest BCUT2D eigenvalue weighted by molar-refractivity contribution is -0.135. The molecule has 0 radical (unpaired) electrons. The Balaban J connectivity index is 2.02. The Kier molecular flexibility index (Phi) is 6.09. The molecule has 0 aromatic heterocycles. The number of nitrogens with zero attached hydrogens (tertiary/aromatic N) is 1. The van der Waals surface area contributed by atoms with Gasteiger partial charge in [-0.15, -0.1) is 0 Å². The van der Waals surface area contributed by atoms with E-state index in [1.807, 2.05) is 43.0 Å². The van der Waals surface area contributed by atoms with Gasteiger partial charge in [0.15, 0.2) is 0 Å². The van der Waals surface area contributed by atoms with E-state index in [4.69, 9.17) is 10.5 Å². The number of hydrogen-bond donors (Lipinski definition) is 1. The van der Waals surface area contributed by atoms with Crippen molar-refractivity contribution in [2.75, 3.05) is 19.7 Å². The van der Waals surface area contributed by atoms with Crippen LogP contribution >= 0.6 is 0 Å². The maximum Gasteiger partial charge on any atom is 0.232 e. The van der Waals surface area contributed by atoms with E-state index in [2.05, 4.69) is 13.8 Å². The van der Waals surface area contributed by atoms with Gasteiger partial charge in [-0.05, 0) is 49.8 Å². The molecule has 1 aromatic rings. The van der Waals surface area contributed by atoms with Gasteiger partial charge in [0.1, 0.15) is 5.75 Å². The van der Waals surface area contributed by atoms with Gasteiger partial charge in [-0.1, -0.05) is 26.0 Å². The van der Waals surface area contributed by atoms with E-state index >= 15 is 0 Å². The number of carbonyl (C=O) groups excluding carboxylic acids is 2. The average molecular weight is 346 g/mol. The molecule has 2 N–H and O–H groups in total. The lowest BCUT2D eigenvalue weighted by Gasteiger charge is -2.30. The number of likely N-dealkylation sites (tertiary alicyclic amines) is 1. The second-order valence-electron chi connectivity index (χ2n) is 7.93. The molecule has 1 heterocycles. The SMILES string of the molecule is CC(C)COc1ccc(C(C)(C)C(=O)N2CCC(CC(N)=O)C2)cc1. The van der Waals surface area contributed by atoms with Crippen LogP contribution in [0, 0.1) is 11.8 Å². The molecule has 1 saturated heterocycles. The summed E-state index contributed by atoms with van der Waals surface area (Å²) >= 11 is 0. The van der Waals surface area contributed by atoms with Crippen molar-refractivity contribution in [1.82, 2.24) is 4.90 Å². The van der Waals surface area contributed by atoms with Crippen LogP contribution in [0.15, 0.2) is 24.3 Å². The summed E-state index contributed by atoms with van der Waals surface area (Å²) in [6.07, 6.45) is 1.19. The molecular formula is C20H30N2O3. The monoisotopic (exact) mass is 346 g/mol. The summed E-state index contributed by atoms with van der Waals surface area (Å²) in [5, 5.41) is 0. The van der Waals surface area contributed by atoms with Crippen LogP contribution in [-0.2, 0) is 15.0 Å². The maximum absolute atomic E-state index is 13.0. The number of primary amides is 1. The van der Waals surface area contributed by atoms with E-state index in [1.165, 1.54) is 0 Å². The highest BCUT2D eigenvalue weighted by Gasteiger charge is 2.37. The Bertz CT molecular complexity index is 608. The molecule has 25 heavy (non-hydrogen) atoms. The zero-order valence-corrected chi connectivity index (χ0v) is 15.7. The van der Waals surface area contributed by atoms with Crippen LogP contribution in [0.5, 0.6) is 5.75 Å². The van der Waals surface area contributed by atoms with Gasteiger partial charge in [-0.25, -0.2) is 0 Å². The largest absolute Gasteiger partial charge is 0.493 e. The lowest BCUT2D eigenvalue weighted by atomic mass is 9.83. The molecule has 1 unspecified atom stereocenters. The molecule has 5 nitrogen and oxygen atoms in total. The fraction of sp³-hybridized carbons (Fsp3) is 0.600. The van der Waals surface area contributed by atoms with Gasteiger partial charge >= 0.3 is 0 Å². The predicted octanol–water partition coefficient (Wildman–Crippen LogP) is 2.72. The second kappa shape index (κ2) is 7.89. The molecule has 0 bridgehead atoms. The maximum atomic E-state index is 13.0. The molecule has 2 amide bonds. The highest BCUT2D eigenvalue weighted by Crippen LogP contribution is 2.30. The Hall–Kier alpha value is -2.04. The second-order valence-corrected chi connectivity index (χ2v) is 7.93. The average Bonchev–Trinajstić information content (AvgIpc) is 3.00. The molecule has 1 aliphatic heterocycles. The number of rotatable bonds is 7. The Morgan fingerprint density at radius 3 is 2.48 bits per heavy atom. The summed E-state index contributed by atoms with van der Waals surface area (Å²) in [5.41, 5.74) is 5.63. The van der Waals surface area contributed by atoms with E-state index in [0.29, 0.717) is 32.0 Å². The third-order valence-corrected chi connectivity index (χ3v) is 4.76. The summed E-state index contributed by atoms with van der Waals surface area (Å²) < 4.78 is 5.71. The number of amides is 2. The van der Waals surface area contributed by atoms with Gasteiger partial charge in [0.2, 0.25) is 11.8 Å². The summed E-state index contributed by atoms with van der Waals surface area (Å²) in [5.74, 6) is 1.28. The molecule has 2 rings (SSSR count). The first-order valence-corrected chi connectivity index (χ1v) is 9.01. The first-order valence-electron chi connectivity index (χ1n) is 9.01. The standard InChI is InChI=1S/C20H30N2O3/c1-14(2)13-25-17-7-5-16(6-8-17)20(3,4)19(24)22-10-9-15(12-22)11-18(21)23/h5-8,14-15H,9-13H2,1-4H3,(H2,21,23). The normalized spacial score (nSPS) is 17.8. The Morgan fingerprint density at radius 2 is 1.92 bits per heavy atom. The van der Waals surface area contributed by atoms with Crippen molar-refractivity contribution in [1.29, 1.82) is 0 Å². The van der Waals surface area contributed by atoms with Gasteiger partial charge in [0.25, 0.3) is 0 Å². The van der Waals surface area contributed by atoms with Gasteiger partial charge in [-0.3, -0.25) is 9.59 Å². The molecule has 1 aromatic carbocycles. The molecule has 1 atom stereocenters. The highest BCUT2D eigenvalue weighted by molar-refractivity contribution is 5.87. The van der Waals surface area contributed by atoms with Crippen molar-refractivity contribution in [2.24, 2.45) is 17.6 Å². The fourth-order valence-electron chi connectivity index (χ4n) is 3.22. The first-order chi connectivity index (χ1) is 11.7. The zero-order chi connectivity index (χ0) is 18.6. The van der Waals surface area contributed by atoms with Crippen LogP contribution in [0.3, 0.4) is 0 Å². The highest BCUT2D eigenvalue weighted by atomic mass is 16.5. The fourth-order valence-corrected chi connectivity index (χ4v) is 3.22. The molecule has 1 fully saturated rings. The minimum absolute atomic E-state index is 0.0929. The van der Waals surface area contributed by atoms with E-state index < -0.39 is 5.41 Å². The van der Waals surface area contributed by atoms with Crippen molar-refractivity contribution in [3.05, 3.63) is 29.8 Å². The Morgan fingerprint density at radius 1 is 1.28 bits per heavy atom. The van der Waals surface area contributed by atoms with E-state index in [1.54, 1.807) is 0 Å². The summed E-state index contributed by atoms with van der Waals surface area (Å²) in [6.45, 7) is 10.1. The number of benzene rings is 1. The van der Waals surface area contributed by atoms with E-state index in [9.17, 15) is 9.59 Å². The predicted molar refractivity (Wildman–Crippen MR) is 98.3 cm³/mol. The van der Waals surface area contributed by atoms with Crippen LogP contribution in [0.25, 0.3) is 0 Å². The summed E-state index contributed by atoms with van der Waals surface area (Å²) in [4.78, 5) is 25.9. The first kappa shape index (κ1) is 19.3. The lowest BCUT2D eigenvalue weighted by Crippen LogP contribution is -2.42. The van der Waals surface area contributed by atoms with E-state index in [0.717, 1.165) is 17.7 Å². The molecule has 0 spiro atoms. The molecule has 0 aliphatic carbocycles. The number of hydrogen-bond acceptors (Lipinski definition) is 3. The van der Waals surface area contributed by atoms with Crippen LogP contribution in [0.1, 0.15) is 46.1 Å². The summed E-state index contributed by atoms with van der Waals surface area (Å²) in [7, 11) is 0. The topological polar surface area (TPSA) is 72.6 Å². The van der Waals surface area contributed by atoms with Crippen molar-refractivity contribution in [2.45, 2.75) is 46.0 Å². The molecular weight excluding hydrogens is 316 g/mol. The van der Waals surface area contributed by atoms with Crippen LogP contribution in [0.4, 0.5) is 0 Å². The van der Waals surface area contributed by atoms with Crippen LogP contribution in [0.2, 0.25) is 0 Å². The minimum atomic E-state index is -0.613. The number of carbonyl (C=O) groups is 2. The third-order valence-electron chi connectivity index (χ3n) is 4.76. The number of ether oxygens (including phenoxy) is 1. The number of nitrogens with two attached hydrogens (primary N) is 1. The molecule has 0 saturated carbocycles. The van der Waals surface area contributed by atoms with Crippen molar-refractivity contribution in [3.63, 3.8) is 0 Å². The van der Waals surface area contributed by atoms with Crippen LogP contribution in [-0.4, -0.2) is 36.4 Å². The zero-order valence-electron chi connectivity index (χ0n) is 15.7. The molecule has 138 valence electrons. The smallest absolute Gasteiger partial charge is 0.232 e. The van der Waals surface area contributed by atoms with Crippen molar-refractivity contribution < 1.29 is 14.3 Å². The third kappa shape index (κ3) is 4.97. The molecule has 5 heteroatoms.